The molecule has 0 aromatic carbocycles. The number of hydrogen-bond donors (Lipinski definition) is 1. The van der Waals surface area contributed by atoms with Gasteiger partial charge < -0.3 is 19.5 Å². The van der Waals surface area contributed by atoms with Gasteiger partial charge in [-0.1, -0.05) is 0 Å². The van der Waals surface area contributed by atoms with Crippen molar-refractivity contribution in [2.24, 2.45) is 0 Å². The molecule has 0 spiro atoms. The highest BCUT2D eigenvalue weighted by molar-refractivity contribution is 7.14. The summed E-state index contributed by atoms with van der Waals surface area (Å²) in [4.78, 5) is 25.7. The number of carbonyl (C=O) groups is 2. The van der Waals surface area contributed by atoms with Gasteiger partial charge in [-0.25, -0.2) is 4.79 Å². The third-order valence-corrected chi connectivity index (χ3v) is 3.98. The van der Waals surface area contributed by atoms with E-state index in [0.717, 1.165) is 16.2 Å². The SMILES string of the molecule is Cc1cc(OCC(=O)N2CCOC(C)C2)c(C(=O)O)s1. The quantitative estimate of drug-likeness (QED) is 0.909. The first-order valence-corrected chi connectivity index (χ1v) is 7.15. The molecule has 0 saturated carbocycles. The van der Waals surface area contributed by atoms with Crippen molar-refractivity contribution in [2.45, 2.75) is 20.0 Å². The molecule has 2 heterocycles. The maximum absolute atomic E-state index is 12.0. The molecular weight excluding hydrogens is 282 g/mol. The van der Waals surface area contributed by atoms with E-state index in [2.05, 4.69) is 0 Å². The standard InChI is InChI=1S/C13H17NO5S/c1-8-6-14(3-4-18-8)11(15)7-19-10-5-9(2)20-12(10)13(16)17/h5,8H,3-4,6-7H2,1-2H3,(H,16,17). The van der Waals surface area contributed by atoms with Crippen LogP contribution in [0, 0.1) is 6.92 Å². The number of morpholine rings is 1. The van der Waals surface area contributed by atoms with Crippen LogP contribution in [0.4, 0.5) is 0 Å². The molecule has 1 atom stereocenters. The van der Waals surface area contributed by atoms with Crippen molar-refractivity contribution >= 4 is 23.2 Å². The fraction of sp³-hybridized carbons (Fsp3) is 0.538. The van der Waals surface area contributed by atoms with Crippen molar-refractivity contribution in [3.05, 3.63) is 15.8 Å². The lowest BCUT2D eigenvalue weighted by Crippen LogP contribution is -2.46. The molecule has 1 fully saturated rings. The first kappa shape index (κ1) is 14.8. The van der Waals surface area contributed by atoms with Gasteiger partial charge in [0.1, 0.15) is 5.75 Å². The summed E-state index contributed by atoms with van der Waals surface area (Å²) in [5.41, 5.74) is 0. The molecule has 0 radical (unpaired) electrons. The van der Waals surface area contributed by atoms with Crippen molar-refractivity contribution in [3.8, 4) is 5.75 Å². The number of carboxylic acid groups (broad SMARTS) is 1. The van der Waals surface area contributed by atoms with Gasteiger partial charge in [0.05, 0.1) is 12.7 Å². The molecular formula is C13H17NO5S. The van der Waals surface area contributed by atoms with Gasteiger partial charge in [-0.05, 0) is 19.9 Å². The Morgan fingerprint density at radius 2 is 2.35 bits per heavy atom. The van der Waals surface area contributed by atoms with Crippen molar-refractivity contribution in [1.29, 1.82) is 0 Å². The summed E-state index contributed by atoms with van der Waals surface area (Å²) in [6, 6.07) is 1.64. The van der Waals surface area contributed by atoms with Crippen molar-refractivity contribution in [3.63, 3.8) is 0 Å². The minimum absolute atomic E-state index is 0.0191. The van der Waals surface area contributed by atoms with Gasteiger partial charge in [-0.2, -0.15) is 0 Å². The number of carbonyl (C=O) groups excluding carboxylic acids is 1. The number of thiophene rings is 1. The number of hydrogen-bond acceptors (Lipinski definition) is 5. The fourth-order valence-electron chi connectivity index (χ4n) is 2.02. The highest BCUT2D eigenvalue weighted by atomic mass is 32.1. The molecule has 1 amide bonds. The Hall–Kier alpha value is -1.60. The molecule has 0 bridgehead atoms. The van der Waals surface area contributed by atoms with E-state index in [1.165, 1.54) is 0 Å². The number of amides is 1. The normalized spacial score (nSPS) is 18.9. The molecule has 1 unspecified atom stereocenters. The molecule has 6 nitrogen and oxygen atoms in total. The Bertz CT molecular complexity index is 513. The summed E-state index contributed by atoms with van der Waals surface area (Å²) in [5.74, 6) is -0.930. The lowest BCUT2D eigenvalue weighted by atomic mass is 10.3. The zero-order chi connectivity index (χ0) is 14.7. The molecule has 1 aliphatic rings. The van der Waals surface area contributed by atoms with Crippen LogP contribution in [-0.4, -0.2) is 54.3 Å². The molecule has 7 heteroatoms. The zero-order valence-electron chi connectivity index (χ0n) is 11.4. The van der Waals surface area contributed by atoms with E-state index in [-0.39, 0.29) is 29.2 Å². The smallest absolute Gasteiger partial charge is 0.349 e. The molecule has 0 aliphatic carbocycles. The van der Waals surface area contributed by atoms with Crippen LogP contribution in [-0.2, 0) is 9.53 Å². The minimum atomic E-state index is -1.04. The Balaban J connectivity index is 1.94. The maximum Gasteiger partial charge on any atom is 0.349 e. The predicted molar refractivity (Wildman–Crippen MR) is 73.5 cm³/mol. The summed E-state index contributed by atoms with van der Waals surface area (Å²) in [7, 11) is 0. The number of ether oxygens (including phenoxy) is 2. The molecule has 1 aliphatic heterocycles. The number of aromatic carboxylic acids is 1. The van der Waals surface area contributed by atoms with Gasteiger partial charge in [-0.3, -0.25) is 4.79 Å². The summed E-state index contributed by atoms with van der Waals surface area (Å²) in [6.45, 7) is 5.16. The second-order valence-electron chi connectivity index (χ2n) is 4.67. The van der Waals surface area contributed by atoms with Crippen LogP contribution in [0.2, 0.25) is 0 Å². The average Bonchev–Trinajstić information content (AvgIpc) is 2.77. The predicted octanol–water partition coefficient (Wildman–Crippen LogP) is 1.38. The summed E-state index contributed by atoms with van der Waals surface area (Å²) < 4.78 is 10.7. The van der Waals surface area contributed by atoms with Crippen LogP contribution in [0.3, 0.4) is 0 Å². The number of rotatable bonds is 4. The third kappa shape index (κ3) is 3.49. The largest absolute Gasteiger partial charge is 0.482 e. The Morgan fingerprint density at radius 1 is 1.60 bits per heavy atom. The van der Waals surface area contributed by atoms with Crippen LogP contribution in [0.25, 0.3) is 0 Å². The Kier molecular flexibility index (Phi) is 4.61. The third-order valence-electron chi connectivity index (χ3n) is 2.96. The molecule has 110 valence electrons. The fourth-order valence-corrected chi connectivity index (χ4v) is 2.82. The average molecular weight is 299 g/mol. The second kappa shape index (κ2) is 6.23. The van der Waals surface area contributed by atoms with Crippen LogP contribution in [0.1, 0.15) is 21.5 Å². The van der Waals surface area contributed by atoms with E-state index >= 15 is 0 Å². The van der Waals surface area contributed by atoms with E-state index in [4.69, 9.17) is 14.6 Å². The van der Waals surface area contributed by atoms with E-state index in [1.54, 1.807) is 17.9 Å². The topological polar surface area (TPSA) is 76.1 Å². The van der Waals surface area contributed by atoms with E-state index in [0.29, 0.717) is 19.7 Å². The van der Waals surface area contributed by atoms with Crippen molar-refractivity contribution in [1.82, 2.24) is 4.90 Å². The number of nitrogens with zero attached hydrogens (tertiary/aromatic N) is 1. The second-order valence-corrected chi connectivity index (χ2v) is 5.92. The molecule has 1 saturated heterocycles. The highest BCUT2D eigenvalue weighted by Gasteiger charge is 2.23. The number of carboxylic acids is 1. The van der Waals surface area contributed by atoms with Crippen LogP contribution >= 0.6 is 11.3 Å². The zero-order valence-corrected chi connectivity index (χ0v) is 12.2. The van der Waals surface area contributed by atoms with E-state index in [1.807, 2.05) is 6.92 Å². The molecule has 2 rings (SSSR count). The Labute approximate surface area is 120 Å². The van der Waals surface area contributed by atoms with Crippen molar-refractivity contribution in [2.75, 3.05) is 26.3 Å². The van der Waals surface area contributed by atoms with Gasteiger partial charge in [0.25, 0.3) is 5.91 Å². The van der Waals surface area contributed by atoms with Crippen LogP contribution < -0.4 is 4.74 Å². The first-order chi connectivity index (χ1) is 9.47. The first-order valence-electron chi connectivity index (χ1n) is 6.33. The van der Waals surface area contributed by atoms with Crippen LogP contribution in [0.5, 0.6) is 5.75 Å². The van der Waals surface area contributed by atoms with Gasteiger partial charge >= 0.3 is 5.97 Å². The summed E-state index contributed by atoms with van der Waals surface area (Å²) >= 11 is 1.14. The van der Waals surface area contributed by atoms with E-state index < -0.39 is 5.97 Å². The van der Waals surface area contributed by atoms with Crippen molar-refractivity contribution < 1.29 is 24.2 Å². The maximum atomic E-state index is 12.0. The molecule has 20 heavy (non-hydrogen) atoms. The molecule has 1 N–H and O–H groups in total. The summed E-state index contributed by atoms with van der Waals surface area (Å²) in [6.07, 6.45) is 0.0191. The van der Waals surface area contributed by atoms with Gasteiger partial charge in [0, 0.05) is 18.0 Å². The van der Waals surface area contributed by atoms with Crippen LogP contribution in [0.15, 0.2) is 6.07 Å². The minimum Gasteiger partial charge on any atom is -0.482 e. The van der Waals surface area contributed by atoms with Gasteiger partial charge in [0.15, 0.2) is 11.5 Å². The number of aryl methyl sites for hydroxylation is 1. The lowest BCUT2D eigenvalue weighted by molar-refractivity contribution is -0.140. The Morgan fingerprint density at radius 3 is 3.00 bits per heavy atom. The monoisotopic (exact) mass is 299 g/mol. The summed E-state index contributed by atoms with van der Waals surface area (Å²) in [5, 5.41) is 9.05. The molecule has 1 aromatic heterocycles. The highest BCUT2D eigenvalue weighted by Crippen LogP contribution is 2.28. The molecule has 1 aromatic rings. The van der Waals surface area contributed by atoms with E-state index in [9.17, 15) is 9.59 Å². The lowest BCUT2D eigenvalue weighted by Gasteiger charge is -2.31. The van der Waals surface area contributed by atoms with Gasteiger partial charge in [0.2, 0.25) is 0 Å². The van der Waals surface area contributed by atoms with Gasteiger partial charge in [-0.15, -0.1) is 11.3 Å².